The summed E-state index contributed by atoms with van der Waals surface area (Å²) in [5, 5.41) is 3.73. The zero-order valence-corrected chi connectivity index (χ0v) is 10.7. The van der Waals surface area contributed by atoms with Crippen molar-refractivity contribution >= 4 is 0 Å². The van der Waals surface area contributed by atoms with Crippen LogP contribution in [-0.2, 0) is 0 Å². The Morgan fingerprint density at radius 3 is 2.33 bits per heavy atom. The first kappa shape index (κ1) is 13.0. The summed E-state index contributed by atoms with van der Waals surface area (Å²) < 4.78 is 0. The molecule has 1 saturated carbocycles. The second kappa shape index (κ2) is 5.86. The van der Waals surface area contributed by atoms with Crippen molar-refractivity contribution in [2.75, 3.05) is 13.1 Å². The molecule has 2 nitrogen and oxygen atoms in total. The van der Waals surface area contributed by atoms with E-state index < -0.39 is 0 Å². The molecule has 0 heterocycles. The molecule has 0 aromatic heterocycles. The molecule has 1 atom stereocenters. The van der Waals surface area contributed by atoms with Crippen molar-refractivity contribution in [1.82, 2.24) is 5.32 Å². The van der Waals surface area contributed by atoms with Crippen LogP contribution in [0.5, 0.6) is 0 Å². The van der Waals surface area contributed by atoms with E-state index in [9.17, 15) is 0 Å². The lowest BCUT2D eigenvalue weighted by molar-refractivity contribution is 0.308. The van der Waals surface area contributed by atoms with Crippen LogP contribution in [0.3, 0.4) is 0 Å². The number of rotatable bonds is 6. The molecule has 0 saturated heterocycles. The lowest BCUT2D eigenvalue weighted by Gasteiger charge is -2.28. The van der Waals surface area contributed by atoms with Crippen molar-refractivity contribution in [2.45, 2.75) is 58.4 Å². The Balaban J connectivity index is 2.26. The fourth-order valence-electron chi connectivity index (χ4n) is 2.65. The third-order valence-electron chi connectivity index (χ3n) is 3.66. The van der Waals surface area contributed by atoms with Crippen LogP contribution < -0.4 is 11.1 Å². The van der Waals surface area contributed by atoms with E-state index >= 15 is 0 Å². The highest BCUT2D eigenvalue weighted by Gasteiger charge is 2.28. The normalized spacial score (nSPS) is 22.2. The first-order valence-electron chi connectivity index (χ1n) is 6.51. The number of hydrogen-bond donors (Lipinski definition) is 2. The largest absolute Gasteiger partial charge is 0.330 e. The minimum atomic E-state index is 0.407. The molecule has 1 rings (SSSR count). The van der Waals surface area contributed by atoms with Gasteiger partial charge in [0.05, 0.1) is 0 Å². The Bertz CT molecular complexity index is 171. The zero-order valence-electron chi connectivity index (χ0n) is 10.7. The van der Waals surface area contributed by atoms with Crippen molar-refractivity contribution in [2.24, 2.45) is 17.6 Å². The summed E-state index contributed by atoms with van der Waals surface area (Å²) in [4.78, 5) is 0. The lowest BCUT2D eigenvalue weighted by Crippen LogP contribution is -2.43. The van der Waals surface area contributed by atoms with Crippen molar-refractivity contribution in [3.05, 3.63) is 0 Å². The summed E-state index contributed by atoms with van der Waals surface area (Å²) in [5.74, 6) is 1.42. The Morgan fingerprint density at radius 1 is 1.27 bits per heavy atom. The number of nitrogens with one attached hydrogen (secondary N) is 1. The molecule has 0 radical (unpaired) electrons. The number of nitrogens with two attached hydrogens (primary N) is 1. The first-order valence-corrected chi connectivity index (χ1v) is 6.51. The van der Waals surface area contributed by atoms with Crippen LogP contribution in [0, 0.1) is 11.8 Å². The van der Waals surface area contributed by atoms with Gasteiger partial charge in [-0.25, -0.2) is 0 Å². The monoisotopic (exact) mass is 212 g/mol. The second-order valence-electron chi connectivity index (χ2n) is 5.88. The molecule has 0 aliphatic heterocycles. The van der Waals surface area contributed by atoms with Crippen LogP contribution in [0.1, 0.15) is 52.9 Å². The van der Waals surface area contributed by atoms with Crippen LogP contribution in [0.15, 0.2) is 0 Å². The van der Waals surface area contributed by atoms with Gasteiger partial charge in [-0.1, -0.05) is 26.7 Å². The third kappa shape index (κ3) is 4.52. The zero-order chi connectivity index (χ0) is 11.3. The average Bonchev–Trinajstić information content (AvgIpc) is 2.60. The standard InChI is InChI=1S/C13H28N2/c1-11(2)8-12(9-14)10-15-13(3)6-4-5-7-13/h11-12,15H,4-10,14H2,1-3H3. The van der Waals surface area contributed by atoms with Gasteiger partial charge < -0.3 is 11.1 Å². The van der Waals surface area contributed by atoms with E-state index in [1.165, 1.54) is 32.1 Å². The van der Waals surface area contributed by atoms with E-state index in [-0.39, 0.29) is 0 Å². The lowest BCUT2D eigenvalue weighted by atomic mass is 9.94. The van der Waals surface area contributed by atoms with E-state index in [0.29, 0.717) is 11.5 Å². The van der Waals surface area contributed by atoms with Gasteiger partial charge >= 0.3 is 0 Å². The van der Waals surface area contributed by atoms with E-state index in [1.807, 2.05) is 0 Å². The molecule has 0 bridgehead atoms. The van der Waals surface area contributed by atoms with E-state index in [2.05, 4.69) is 26.1 Å². The van der Waals surface area contributed by atoms with Gasteiger partial charge in [-0.05, 0) is 51.1 Å². The van der Waals surface area contributed by atoms with Crippen LogP contribution in [0.2, 0.25) is 0 Å². The highest BCUT2D eigenvalue weighted by atomic mass is 15.0. The van der Waals surface area contributed by atoms with E-state index in [1.54, 1.807) is 0 Å². The van der Waals surface area contributed by atoms with Gasteiger partial charge in [0.2, 0.25) is 0 Å². The maximum atomic E-state index is 5.81. The summed E-state index contributed by atoms with van der Waals surface area (Å²) in [6.45, 7) is 8.84. The van der Waals surface area contributed by atoms with Gasteiger partial charge in [0, 0.05) is 5.54 Å². The highest BCUT2D eigenvalue weighted by molar-refractivity contribution is 4.88. The maximum absolute atomic E-state index is 5.81. The molecular formula is C13H28N2. The summed E-state index contributed by atoms with van der Waals surface area (Å²) >= 11 is 0. The molecule has 3 N–H and O–H groups in total. The predicted octanol–water partition coefficient (Wildman–Crippen LogP) is 2.53. The topological polar surface area (TPSA) is 38.0 Å². The summed E-state index contributed by atoms with van der Waals surface area (Å²) in [5.41, 5.74) is 6.22. The quantitative estimate of drug-likeness (QED) is 0.710. The second-order valence-corrected chi connectivity index (χ2v) is 5.88. The number of hydrogen-bond acceptors (Lipinski definition) is 2. The van der Waals surface area contributed by atoms with Gasteiger partial charge in [-0.15, -0.1) is 0 Å². The SMILES string of the molecule is CC(C)CC(CN)CNC1(C)CCCC1. The molecular weight excluding hydrogens is 184 g/mol. The van der Waals surface area contributed by atoms with E-state index in [0.717, 1.165) is 19.0 Å². The molecule has 0 aromatic carbocycles. The Kier molecular flexibility index (Phi) is 5.07. The van der Waals surface area contributed by atoms with Gasteiger partial charge in [0.1, 0.15) is 0 Å². The van der Waals surface area contributed by atoms with Crippen molar-refractivity contribution in [1.29, 1.82) is 0 Å². The van der Waals surface area contributed by atoms with Gasteiger partial charge in [-0.3, -0.25) is 0 Å². The van der Waals surface area contributed by atoms with E-state index in [4.69, 9.17) is 5.73 Å². The smallest absolute Gasteiger partial charge is 0.0153 e. The van der Waals surface area contributed by atoms with Gasteiger partial charge in [0.25, 0.3) is 0 Å². The first-order chi connectivity index (χ1) is 7.06. The van der Waals surface area contributed by atoms with Crippen LogP contribution in [0.25, 0.3) is 0 Å². The average molecular weight is 212 g/mol. The minimum absolute atomic E-state index is 0.407. The molecule has 0 amide bonds. The fourth-order valence-corrected chi connectivity index (χ4v) is 2.65. The minimum Gasteiger partial charge on any atom is -0.330 e. The Hall–Kier alpha value is -0.0800. The Morgan fingerprint density at radius 2 is 1.87 bits per heavy atom. The van der Waals surface area contributed by atoms with Crippen LogP contribution in [0.4, 0.5) is 0 Å². The maximum Gasteiger partial charge on any atom is 0.0153 e. The molecule has 0 spiro atoms. The fraction of sp³-hybridized carbons (Fsp3) is 1.00. The molecule has 0 aromatic rings. The summed E-state index contributed by atoms with van der Waals surface area (Å²) in [6.07, 6.45) is 6.71. The molecule has 1 unspecified atom stereocenters. The predicted molar refractivity (Wildman–Crippen MR) is 66.9 cm³/mol. The van der Waals surface area contributed by atoms with Gasteiger partial charge in [0.15, 0.2) is 0 Å². The van der Waals surface area contributed by atoms with Gasteiger partial charge in [-0.2, -0.15) is 0 Å². The van der Waals surface area contributed by atoms with Crippen molar-refractivity contribution < 1.29 is 0 Å². The van der Waals surface area contributed by atoms with Crippen molar-refractivity contribution in [3.63, 3.8) is 0 Å². The van der Waals surface area contributed by atoms with Crippen LogP contribution in [-0.4, -0.2) is 18.6 Å². The van der Waals surface area contributed by atoms with Crippen LogP contribution >= 0.6 is 0 Å². The Labute approximate surface area is 95.0 Å². The van der Waals surface area contributed by atoms with Crippen molar-refractivity contribution in [3.8, 4) is 0 Å². The molecule has 2 heteroatoms. The third-order valence-corrected chi connectivity index (χ3v) is 3.66. The summed E-state index contributed by atoms with van der Waals surface area (Å²) in [6, 6.07) is 0. The molecule has 1 fully saturated rings. The molecule has 1 aliphatic carbocycles. The molecule has 90 valence electrons. The summed E-state index contributed by atoms with van der Waals surface area (Å²) in [7, 11) is 0. The molecule has 15 heavy (non-hydrogen) atoms. The highest BCUT2D eigenvalue weighted by Crippen LogP contribution is 2.29. The molecule has 1 aliphatic rings.